The predicted octanol–water partition coefficient (Wildman–Crippen LogP) is 2.25. The van der Waals surface area contributed by atoms with Crippen LogP contribution >= 0.6 is 0 Å². The molecule has 0 aliphatic carbocycles. The van der Waals surface area contributed by atoms with Gasteiger partial charge in [-0.3, -0.25) is 4.98 Å². The molecule has 0 aromatic carbocycles. The second-order valence-electron chi connectivity index (χ2n) is 3.34. The van der Waals surface area contributed by atoms with E-state index in [1.807, 2.05) is 26.0 Å². The highest BCUT2D eigenvalue weighted by molar-refractivity contribution is 5.49. The van der Waals surface area contributed by atoms with E-state index in [-0.39, 0.29) is 5.92 Å². The molecule has 0 aliphatic rings. The second kappa shape index (κ2) is 3.57. The molecule has 0 radical (unpaired) electrons. The summed E-state index contributed by atoms with van der Waals surface area (Å²) in [4.78, 5) is 3.99. The average Bonchev–Trinajstić information content (AvgIpc) is 2.68. The van der Waals surface area contributed by atoms with Crippen LogP contribution in [0.1, 0.15) is 25.7 Å². The summed E-state index contributed by atoms with van der Waals surface area (Å²) in [5, 5.41) is 7.90. The molecule has 4 nitrogen and oxygen atoms in total. The summed E-state index contributed by atoms with van der Waals surface area (Å²) in [6.07, 6.45) is 3.42. The van der Waals surface area contributed by atoms with Crippen LogP contribution in [0.25, 0.3) is 11.5 Å². The fraction of sp³-hybridized carbons (Fsp3) is 0.300. The van der Waals surface area contributed by atoms with Crippen LogP contribution in [0.4, 0.5) is 0 Å². The highest BCUT2D eigenvalue weighted by Crippen LogP contribution is 2.19. The van der Waals surface area contributed by atoms with E-state index in [4.69, 9.17) is 4.42 Å². The number of nitrogens with zero attached hydrogens (tertiary/aromatic N) is 3. The van der Waals surface area contributed by atoms with Gasteiger partial charge in [-0.1, -0.05) is 13.8 Å². The van der Waals surface area contributed by atoms with E-state index >= 15 is 0 Å². The van der Waals surface area contributed by atoms with E-state index in [1.54, 1.807) is 12.4 Å². The van der Waals surface area contributed by atoms with E-state index in [9.17, 15) is 0 Å². The van der Waals surface area contributed by atoms with Gasteiger partial charge in [0.25, 0.3) is 0 Å². The molecule has 2 rings (SSSR count). The summed E-state index contributed by atoms with van der Waals surface area (Å²) < 4.78 is 5.47. The zero-order valence-corrected chi connectivity index (χ0v) is 8.14. The highest BCUT2D eigenvalue weighted by atomic mass is 16.4. The standard InChI is InChI=1S/C10H11N3O/c1-7(2)9-12-13-10(14-9)8-4-3-5-11-6-8/h3-7H,1-2H3. The summed E-state index contributed by atoms with van der Waals surface area (Å²) in [6.45, 7) is 4.03. The van der Waals surface area contributed by atoms with Crippen LogP contribution in [0.3, 0.4) is 0 Å². The molecule has 0 aliphatic heterocycles. The first kappa shape index (κ1) is 8.87. The van der Waals surface area contributed by atoms with Crippen LogP contribution in [0.15, 0.2) is 28.9 Å². The average molecular weight is 189 g/mol. The molecule has 0 saturated heterocycles. The van der Waals surface area contributed by atoms with Crippen molar-refractivity contribution in [1.82, 2.24) is 15.2 Å². The lowest BCUT2D eigenvalue weighted by molar-refractivity contribution is 0.481. The van der Waals surface area contributed by atoms with Crippen molar-refractivity contribution in [2.75, 3.05) is 0 Å². The van der Waals surface area contributed by atoms with Crippen LogP contribution in [0.5, 0.6) is 0 Å². The van der Waals surface area contributed by atoms with Gasteiger partial charge < -0.3 is 4.42 Å². The smallest absolute Gasteiger partial charge is 0.249 e. The number of pyridine rings is 1. The summed E-state index contributed by atoms with van der Waals surface area (Å²) >= 11 is 0. The van der Waals surface area contributed by atoms with Gasteiger partial charge >= 0.3 is 0 Å². The van der Waals surface area contributed by atoms with E-state index in [0.29, 0.717) is 11.8 Å². The molecule has 0 unspecified atom stereocenters. The van der Waals surface area contributed by atoms with Crippen LogP contribution in [-0.4, -0.2) is 15.2 Å². The Hall–Kier alpha value is -1.71. The van der Waals surface area contributed by atoms with Gasteiger partial charge in [0.2, 0.25) is 11.8 Å². The second-order valence-corrected chi connectivity index (χ2v) is 3.34. The topological polar surface area (TPSA) is 51.8 Å². The van der Waals surface area contributed by atoms with E-state index < -0.39 is 0 Å². The van der Waals surface area contributed by atoms with Crippen molar-refractivity contribution in [3.8, 4) is 11.5 Å². The Balaban J connectivity index is 2.34. The molecule has 0 saturated carbocycles. The molecule has 4 heteroatoms. The molecule has 2 aromatic rings. The minimum absolute atomic E-state index is 0.257. The van der Waals surface area contributed by atoms with Gasteiger partial charge in [0, 0.05) is 18.3 Å². The largest absolute Gasteiger partial charge is 0.420 e. The van der Waals surface area contributed by atoms with Gasteiger partial charge in [0.1, 0.15) is 0 Å². The quantitative estimate of drug-likeness (QED) is 0.727. The van der Waals surface area contributed by atoms with Crippen LogP contribution in [0.2, 0.25) is 0 Å². The van der Waals surface area contributed by atoms with Crippen molar-refractivity contribution < 1.29 is 4.42 Å². The molecule has 0 fully saturated rings. The number of rotatable bonds is 2. The lowest BCUT2D eigenvalue weighted by Gasteiger charge is -1.94. The molecule has 2 heterocycles. The molecule has 0 atom stereocenters. The summed E-state index contributed by atoms with van der Waals surface area (Å²) in [5.74, 6) is 1.44. The zero-order valence-electron chi connectivity index (χ0n) is 8.14. The Labute approximate surface area is 82.0 Å². The predicted molar refractivity (Wildman–Crippen MR) is 51.6 cm³/mol. The summed E-state index contributed by atoms with van der Waals surface area (Å²) in [5.41, 5.74) is 0.854. The Kier molecular flexibility index (Phi) is 2.26. The Morgan fingerprint density at radius 2 is 2.14 bits per heavy atom. The van der Waals surface area contributed by atoms with Crippen molar-refractivity contribution in [2.45, 2.75) is 19.8 Å². The van der Waals surface area contributed by atoms with Gasteiger partial charge in [-0.05, 0) is 12.1 Å². The number of hydrogen-bond donors (Lipinski definition) is 0. The maximum atomic E-state index is 5.47. The van der Waals surface area contributed by atoms with E-state index in [0.717, 1.165) is 5.56 Å². The maximum absolute atomic E-state index is 5.47. The Morgan fingerprint density at radius 1 is 1.29 bits per heavy atom. The Bertz CT molecular complexity index is 408. The Morgan fingerprint density at radius 3 is 2.71 bits per heavy atom. The normalized spacial score (nSPS) is 10.8. The fourth-order valence-corrected chi connectivity index (χ4v) is 1.07. The summed E-state index contributed by atoms with van der Waals surface area (Å²) in [6, 6.07) is 3.74. The maximum Gasteiger partial charge on any atom is 0.249 e. The molecule has 14 heavy (non-hydrogen) atoms. The number of aromatic nitrogens is 3. The molecule has 2 aromatic heterocycles. The van der Waals surface area contributed by atoms with Crippen molar-refractivity contribution in [1.29, 1.82) is 0 Å². The van der Waals surface area contributed by atoms with Gasteiger partial charge in [0.15, 0.2) is 0 Å². The van der Waals surface area contributed by atoms with Gasteiger partial charge in [-0.2, -0.15) is 0 Å². The highest BCUT2D eigenvalue weighted by Gasteiger charge is 2.10. The van der Waals surface area contributed by atoms with Crippen molar-refractivity contribution >= 4 is 0 Å². The van der Waals surface area contributed by atoms with Crippen LogP contribution < -0.4 is 0 Å². The van der Waals surface area contributed by atoms with Gasteiger partial charge in [-0.15, -0.1) is 10.2 Å². The van der Waals surface area contributed by atoms with Crippen molar-refractivity contribution in [3.63, 3.8) is 0 Å². The van der Waals surface area contributed by atoms with Crippen molar-refractivity contribution in [2.24, 2.45) is 0 Å². The first-order chi connectivity index (χ1) is 6.77. The molecular weight excluding hydrogens is 178 g/mol. The molecule has 0 N–H and O–H groups in total. The van der Waals surface area contributed by atoms with E-state index in [2.05, 4.69) is 15.2 Å². The molecular formula is C10H11N3O. The molecule has 0 bridgehead atoms. The minimum atomic E-state index is 0.257. The minimum Gasteiger partial charge on any atom is -0.420 e. The van der Waals surface area contributed by atoms with E-state index in [1.165, 1.54) is 0 Å². The van der Waals surface area contributed by atoms with Crippen LogP contribution in [-0.2, 0) is 0 Å². The molecule has 72 valence electrons. The lowest BCUT2D eigenvalue weighted by Crippen LogP contribution is -1.85. The first-order valence-electron chi connectivity index (χ1n) is 4.51. The third-order valence-corrected chi connectivity index (χ3v) is 1.84. The van der Waals surface area contributed by atoms with Gasteiger partial charge in [0.05, 0.1) is 5.56 Å². The molecule has 0 amide bonds. The van der Waals surface area contributed by atoms with Gasteiger partial charge in [-0.25, -0.2) is 0 Å². The monoisotopic (exact) mass is 189 g/mol. The zero-order chi connectivity index (χ0) is 9.97. The third kappa shape index (κ3) is 1.64. The van der Waals surface area contributed by atoms with Crippen molar-refractivity contribution in [3.05, 3.63) is 30.4 Å². The SMILES string of the molecule is CC(C)c1nnc(-c2cccnc2)o1. The molecule has 0 spiro atoms. The summed E-state index contributed by atoms with van der Waals surface area (Å²) in [7, 11) is 0. The number of hydrogen-bond acceptors (Lipinski definition) is 4. The fourth-order valence-electron chi connectivity index (χ4n) is 1.07. The third-order valence-electron chi connectivity index (χ3n) is 1.84. The first-order valence-corrected chi connectivity index (χ1v) is 4.51. The van der Waals surface area contributed by atoms with Crippen LogP contribution in [0, 0.1) is 0 Å². The lowest BCUT2D eigenvalue weighted by atomic mass is 10.2.